The van der Waals surface area contributed by atoms with Crippen molar-refractivity contribution in [1.82, 2.24) is 5.32 Å². The van der Waals surface area contributed by atoms with Crippen LogP contribution in [0.1, 0.15) is 24.7 Å². The molecule has 0 aliphatic heterocycles. The minimum absolute atomic E-state index is 0.0611. The summed E-state index contributed by atoms with van der Waals surface area (Å²) in [5.74, 6) is 0.909. The third-order valence-corrected chi connectivity index (χ3v) is 3.57. The largest absolute Gasteiger partial charge is 0.469 e. The Morgan fingerprint density at radius 1 is 1.30 bits per heavy atom. The number of amides is 1. The fourth-order valence-corrected chi connectivity index (χ4v) is 2.33. The van der Waals surface area contributed by atoms with Gasteiger partial charge in [-0.3, -0.25) is 4.79 Å². The summed E-state index contributed by atoms with van der Waals surface area (Å²) in [5, 5.41) is 3.01. The minimum atomic E-state index is 0.0611. The van der Waals surface area contributed by atoms with E-state index in [-0.39, 0.29) is 11.9 Å². The molecule has 2 aromatic rings. The summed E-state index contributed by atoms with van der Waals surface area (Å²) in [6.07, 6.45) is 3.56. The molecule has 1 aromatic heterocycles. The summed E-state index contributed by atoms with van der Waals surface area (Å²) in [6.45, 7) is 2.02. The van der Waals surface area contributed by atoms with Crippen LogP contribution in [0.25, 0.3) is 0 Å². The Morgan fingerprint density at radius 2 is 2.05 bits per heavy atom. The van der Waals surface area contributed by atoms with Crippen molar-refractivity contribution in [2.24, 2.45) is 0 Å². The summed E-state index contributed by atoms with van der Waals surface area (Å²) in [6, 6.07) is 12.0. The minimum Gasteiger partial charge on any atom is -0.469 e. The number of halogens is 1. The third-order valence-electron chi connectivity index (χ3n) is 3.04. The maximum absolute atomic E-state index is 11.8. The molecular weight excluding hydrogens is 318 g/mol. The van der Waals surface area contributed by atoms with Gasteiger partial charge in [0.1, 0.15) is 5.76 Å². The molecule has 20 heavy (non-hydrogen) atoms. The van der Waals surface area contributed by atoms with Gasteiger partial charge in [-0.15, -0.1) is 0 Å². The number of benzene rings is 1. The van der Waals surface area contributed by atoms with Gasteiger partial charge in [0.2, 0.25) is 5.91 Å². The highest BCUT2D eigenvalue weighted by molar-refractivity contribution is 9.10. The maximum Gasteiger partial charge on any atom is 0.220 e. The fraction of sp³-hybridized carbons (Fsp3) is 0.312. The second kappa shape index (κ2) is 7.29. The van der Waals surface area contributed by atoms with Crippen molar-refractivity contribution in [1.29, 1.82) is 0 Å². The molecule has 1 aromatic carbocycles. The predicted octanol–water partition coefficient (Wildman–Crippen LogP) is 3.72. The lowest BCUT2D eigenvalue weighted by Crippen LogP contribution is -2.34. The van der Waals surface area contributed by atoms with Gasteiger partial charge in [0.05, 0.1) is 6.26 Å². The van der Waals surface area contributed by atoms with E-state index in [2.05, 4.69) is 33.4 Å². The Labute approximate surface area is 127 Å². The zero-order valence-electron chi connectivity index (χ0n) is 11.4. The van der Waals surface area contributed by atoms with Crippen LogP contribution in [0.2, 0.25) is 0 Å². The maximum atomic E-state index is 11.8. The zero-order chi connectivity index (χ0) is 14.4. The molecule has 0 bridgehead atoms. The number of carbonyl (C=O) groups is 1. The van der Waals surface area contributed by atoms with E-state index in [0.29, 0.717) is 12.8 Å². The number of furan rings is 1. The lowest BCUT2D eigenvalue weighted by molar-refractivity contribution is -0.121. The molecule has 0 fully saturated rings. The molecule has 1 heterocycles. The number of rotatable bonds is 6. The average Bonchev–Trinajstić information content (AvgIpc) is 2.92. The third kappa shape index (κ3) is 4.85. The summed E-state index contributed by atoms with van der Waals surface area (Å²) in [5.41, 5.74) is 1.21. The van der Waals surface area contributed by atoms with E-state index in [4.69, 9.17) is 4.42 Å². The van der Waals surface area contributed by atoms with E-state index in [1.165, 1.54) is 5.56 Å². The summed E-state index contributed by atoms with van der Waals surface area (Å²) in [4.78, 5) is 11.8. The van der Waals surface area contributed by atoms with E-state index in [0.717, 1.165) is 16.7 Å². The van der Waals surface area contributed by atoms with Crippen molar-refractivity contribution in [3.05, 3.63) is 58.5 Å². The van der Waals surface area contributed by atoms with Gasteiger partial charge in [-0.1, -0.05) is 28.1 Å². The Kier molecular flexibility index (Phi) is 5.41. The van der Waals surface area contributed by atoms with Crippen molar-refractivity contribution in [3.8, 4) is 0 Å². The molecule has 0 spiro atoms. The SMILES string of the molecule is CC(Cc1ccc(Br)cc1)NC(=O)CCc1ccco1. The molecule has 0 saturated heterocycles. The van der Waals surface area contributed by atoms with E-state index in [1.54, 1.807) is 6.26 Å². The summed E-state index contributed by atoms with van der Waals surface area (Å²) in [7, 11) is 0. The zero-order valence-corrected chi connectivity index (χ0v) is 13.0. The monoisotopic (exact) mass is 335 g/mol. The van der Waals surface area contributed by atoms with Crippen LogP contribution in [0.15, 0.2) is 51.6 Å². The van der Waals surface area contributed by atoms with Gasteiger partial charge in [0.15, 0.2) is 0 Å². The lowest BCUT2D eigenvalue weighted by atomic mass is 10.1. The number of aryl methyl sites for hydroxylation is 1. The van der Waals surface area contributed by atoms with Gasteiger partial charge >= 0.3 is 0 Å². The summed E-state index contributed by atoms with van der Waals surface area (Å²) < 4.78 is 6.28. The molecular formula is C16H18BrNO2. The number of hydrogen-bond acceptors (Lipinski definition) is 2. The Hall–Kier alpha value is -1.55. The fourth-order valence-electron chi connectivity index (χ4n) is 2.06. The van der Waals surface area contributed by atoms with Gasteiger partial charge in [-0.2, -0.15) is 0 Å². The molecule has 1 N–H and O–H groups in total. The Morgan fingerprint density at radius 3 is 2.70 bits per heavy atom. The van der Waals surface area contributed by atoms with Crippen LogP contribution < -0.4 is 5.32 Å². The van der Waals surface area contributed by atoms with Crippen molar-refractivity contribution in [3.63, 3.8) is 0 Å². The highest BCUT2D eigenvalue weighted by Crippen LogP contribution is 2.12. The first-order valence-corrected chi connectivity index (χ1v) is 7.49. The molecule has 0 aliphatic carbocycles. The first-order chi connectivity index (χ1) is 9.63. The Balaban J connectivity index is 1.74. The molecule has 106 valence electrons. The number of nitrogens with one attached hydrogen (secondary N) is 1. The molecule has 0 radical (unpaired) electrons. The number of hydrogen-bond donors (Lipinski definition) is 1. The first kappa shape index (κ1) is 14.9. The van der Waals surface area contributed by atoms with Gasteiger partial charge < -0.3 is 9.73 Å². The molecule has 1 amide bonds. The van der Waals surface area contributed by atoms with Crippen LogP contribution in [0, 0.1) is 0 Å². The van der Waals surface area contributed by atoms with Crippen LogP contribution in [0.5, 0.6) is 0 Å². The van der Waals surface area contributed by atoms with Crippen LogP contribution in [0.4, 0.5) is 0 Å². The van der Waals surface area contributed by atoms with Crippen LogP contribution in [-0.2, 0) is 17.6 Å². The number of carbonyl (C=O) groups excluding carboxylic acids is 1. The second-order valence-corrected chi connectivity index (χ2v) is 5.79. The molecule has 2 rings (SSSR count). The first-order valence-electron chi connectivity index (χ1n) is 6.69. The standard InChI is InChI=1S/C16H18BrNO2/c1-12(11-13-4-6-14(17)7-5-13)18-16(19)9-8-15-3-2-10-20-15/h2-7,10,12H,8-9,11H2,1H3,(H,18,19). The van der Waals surface area contributed by atoms with E-state index >= 15 is 0 Å². The summed E-state index contributed by atoms with van der Waals surface area (Å²) >= 11 is 3.41. The lowest BCUT2D eigenvalue weighted by Gasteiger charge is -2.13. The van der Waals surface area contributed by atoms with Crippen LogP contribution in [-0.4, -0.2) is 11.9 Å². The predicted molar refractivity (Wildman–Crippen MR) is 82.5 cm³/mol. The smallest absolute Gasteiger partial charge is 0.220 e. The molecule has 3 nitrogen and oxygen atoms in total. The van der Waals surface area contributed by atoms with E-state index < -0.39 is 0 Å². The highest BCUT2D eigenvalue weighted by Gasteiger charge is 2.09. The molecule has 4 heteroatoms. The topological polar surface area (TPSA) is 42.2 Å². The highest BCUT2D eigenvalue weighted by atomic mass is 79.9. The van der Waals surface area contributed by atoms with Gasteiger partial charge in [0, 0.05) is 23.4 Å². The van der Waals surface area contributed by atoms with Crippen LogP contribution in [0.3, 0.4) is 0 Å². The Bertz CT molecular complexity index is 534. The van der Waals surface area contributed by atoms with Crippen LogP contribution >= 0.6 is 15.9 Å². The van der Waals surface area contributed by atoms with E-state index in [9.17, 15) is 4.79 Å². The van der Waals surface area contributed by atoms with Gasteiger partial charge in [-0.05, 0) is 43.2 Å². The second-order valence-electron chi connectivity index (χ2n) is 4.88. The molecule has 0 aliphatic rings. The van der Waals surface area contributed by atoms with Gasteiger partial charge in [-0.25, -0.2) is 0 Å². The molecule has 1 atom stereocenters. The van der Waals surface area contributed by atoms with Crippen molar-refractivity contribution >= 4 is 21.8 Å². The normalized spacial score (nSPS) is 12.1. The quantitative estimate of drug-likeness (QED) is 0.874. The van der Waals surface area contributed by atoms with Crippen molar-refractivity contribution < 1.29 is 9.21 Å². The van der Waals surface area contributed by atoms with Crippen molar-refractivity contribution in [2.45, 2.75) is 32.2 Å². The van der Waals surface area contributed by atoms with E-state index in [1.807, 2.05) is 31.2 Å². The van der Waals surface area contributed by atoms with Gasteiger partial charge in [0.25, 0.3) is 0 Å². The average molecular weight is 336 g/mol. The molecule has 1 unspecified atom stereocenters. The van der Waals surface area contributed by atoms with Crippen molar-refractivity contribution in [2.75, 3.05) is 0 Å². The molecule has 0 saturated carbocycles.